The summed E-state index contributed by atoms with van der Waals surface area (Å²) in [5.41, 5.74) is 3.95. The fraction of sp³-hybridized carbons (Fsp3) is 0.308. The number of anilines is 3. The van der Waals surface area contributed by atoms with Crippen LogP contribution >= 0.6 is 0 Å². The van der Waals surface area contributed by atoms with Gasteiger partial charge in [-0.1, -0.05) is 6.07 Å². The minimum atomic E-state index is -0.969. The first-order valence-corrected chi connectivity index (χ1v) is 11.1. The lowest BCUT2D eigenvalue weighted by Crippen LogP contribution is -2.22. The molecular formula is C26H29N3O4. The summed E-state index contributed by atoms with van der Waals surface area (Å²) < 4.78 is 11.7. The Kier molecular flexibility index (Phi) is 6.68. The summed E-state index contributed by atoms with van der Waals surface area (Å²) >= 11 is 0. The Labute approximate surface area is 194 Å². The van der Waals surface area contributed by atoms with Gasteiger partial charge in [0.2, 0.25) is 0 Å². The van der Waals surface area contributed by atoms with Crippen molar-refractivity contribution in [3.05, 3.63) is 72.1 Å². The fourth-order valence-electron chi connectivity index (χ4n) is 4.00. The van der Waals surface area contributed by atoms with Crippen LogP contribution in [0.3, 0.4) is 0 Å². The van der Waals surface area contributed by atoms with Gasteiger partial charge in [-0.15, -0.1) is 0 Å². The van der Waals surface area contributed by atoms with E-state index in [-0.39, 0.29) is 17.6 Å². The van der Waals surface area contributed by atoms with Crippen LogP contribution < -0.4 is 19.7 Å². The van der Waals surface area contributed by atoms with Crippen molar-refractivity contribution in [2.24, 2.45) is 0 Å². The Balaban J connectivity index is 1.48. The lowest BCUT2D eigenvalue weighted by atomic mass is 9.92. The van der Waals surface area contributed by atoms with Gasteiger partial charge in [-0.25, -0.2) is 4.79 Å². The number of rotatable bonds is 8. The predicted octanol–water partition coefficient (Wildman–Crippen LogP) is 5.31. The number of benzene rings is 2. The van der Waals surface area contributed by atoms with Crippen molar-refractivity contribution in [2.75, 3.05) is 30.4 Å². The van der Waals surface area contributed by atoms with Crippen LogP contribution in [0.2, 0.25) is 0 Å². The maximum atomic E-state index is 11.5. The van der Waals surface area contributed by atoms with E-state index in [0.29, 0.717) is 18.8 Å². The molecule has 0 unspecified atom stereocenters. The third-order valence-corrected chi connectivity index (χ3v) is 5.73. The average molecular weight is 448 g/mol. The standard InChI is InChI=1S/C26H29N3O4/c1-17(2)33-21-7-4-19(5-8-21)29(3)20-6-9-22-18(11-13-32-25(22)14-20)15-28-24-16-27-12-10-23(24)26(30)31/h4-10,12,14,16-18,28H,11,13,15H2,1-3H3,(H,30,31)/t18-/m0/s1. The summed E-state index contributed by atoms with van der Waals surface area (Å²) in [4.78, 5) is 17.6. The van der Waals surface area contributed by atoms with Crippen LogP contribution in [0, 0.1) is 0 Å². The normalized spacial score (nSPS) is 14.8. The smallest absolute Gasteiger partial charge is 0.337 e. The maximum Gasteiger partial charge on any atom is 0.337 e. The molecule has 1 atom stereocenters. The van der Waals surface area contributed by atoms with E-state index < -0.39 is 5.97 Å². The monoisotopic (exact) mass is 447 g/mol. The lowest BCUT2D eigenvalue weighted by molar-refractivity contribution is 0.0697. The number of nitrogens with one attached hydrogen (secondary N) is 1. The number of hydrogen-bond donors (Lipinski definition) is 2. The van der Waals surface area contributed by atoms with E-state index in [4.69, 9.17) is 9.47 Å². The molecule has 2 aromatic carbocycles. The first-order valence-electron chi connectivity index (χ1n) is 11.1. The molecule has 0 saturated carbocycles. The summed E-state index contributed by atoms with van der Waals surface area (Å²) in [6.07, 6.45) is 4.04. The van der Waals surface area contributed by atoms with Crippen molar-refractivity contribution in [1.82, 2.24) is 4.98 Å². The molecule has 4 rings (SSSR count). The second kappa shape index (κ2) is 9.81. The zero-order valence-corrected chi connectivity index (χ0v) is 19.1. The minimum absolute atomic E-state index is 0.141. The Morgan fingerprint density at radius 1 is 1.21 bits per heavy atom. The fourth-order valence-corrected chi connectivity index (χ4v) is 4.00. The van der Waals surface area contributed by atoms with Crippen LogP contribution in [-0.4, -0.2) is 42.4 Å². The van der Waals surface area contributed by atoms with E-state index in [0.717, 1.165) is 34.9 Å². The van der Waals surface area contributed by atoms with E-state index in [1.807, 2.05) is 45.2 Å². The Bertz CT molecular complexity index is 1110. The number of fused-ring (bicyclic) bond motifs is 1. The minimum Gasteiger partial charge on any atom is -0.493 e. The van der Waals surface area contributed by atoms with Crippen molar-refractivity contribution in [3.63, 3.8) is 0 Å². The highest BCUT2D eigenvalue weighted by atomic mass is 16.5. The van der Waals surface area contributed by atoms with Gasteiger partial charge in [0, 0.05) is 43.1 Å². The van der Waals surface area contributed by atoms with Crippen molar-refractivity contribution >= 4 is 23.0 Å². The molecule has 0 amide bonds. The van der Waals surface area contributed by atoms with Gasteiger partial charge >= 0.3 is 5.97 Å². The van der Waals surface area contributed by atoms with Crippen LogP contribution in [0.1, 0.15) is 42.1 Å². The Morgan fingerprint density at radius 3 is 2.70 bits per heavy atom. The molecule has 7 nitrogen and oxygen atoms in total. The third kappa shape index (κ3) is 5.19. The van der Waals surface area contributed by atoms with Crippen LogP contribution in [0.5, 0.6) is 11.5 Å². The van der Waals surface area contributed by atoms with Gasteiger partial charge < -0.3 is 24.8 Å². The molecule has 33 heavy (non-hydrogen) atoms. The molecule has 0 spiro atoms. The Morgan fingerprint density at radius 2 is 1.97 bits per heavy atom. The second-order valence-corrected chi connectivity index (χ2v) is 8.38. The summed E-state index contributed by atoms with van der Waals surface area (Å²) in [5.74, 6) is 0.957. The number of pyridine rings is 1. The molecule has 0 radical (unpaired) electrons. The quantitative estimate of drug-likeness (QED) is 0.484. The van der Waals surface area contributed by atoms with Crippen LogP contribution in [0.4, 0.5) is 17.1 Å². The van der Waals surface area contributed by atoms with Crippen molar-refractivity contribution in [1.29, 1.82) is 0 Å². The zero-order valence-electron chi connectivity index (χ0n) is 19.1. The number of carboxylic acids is 1. The van der Waals surface area contributed by atoms with Crippen LogP contribution in [0.25, 0.3) is 0 Å². The second-order valence-electron chi connectivity index (χ2n) is 8.38. The van der Waals surface area contributed by atoms with Gasteiger partial charge in [0.15, 0.2) is 0 Å². The van der Waals surface area contributed by atoms with Gasteiger partial charge in [0.25, 0.3) is 0 Å². The number of aromatic nitrogens is 1. The number of aromatic carboxylic acids is 1. The highest BCUT2D eigenvalue weighted by Gasteiger charge is 2.23. The van der Waals surface area contributed by atoms with Gasteiger partial charge in [-0.05, 0) is 62.2 Å². The van der Waals surface area contributed by atoms with E-state index in [9.17, 15) is 9.90 Å². The first-order chi connectivity index (χ1) is 15.9. The SMILES string of the molecule is CC(C)Oc1ccc(N(C)c2ccc3c(c2)OCC[C@H]3CNc2cnccc2C(=O)O)cc1. The van der Waals surface area contributed by atoms with Crippen molar-refractivity contribution in [2.45, 2.75) is 32.3 Å². The van der Waals surface area contributed by atoms with E-state index in [2.05, 4.69) is 33.4 Å². The first kappa shape index (κ1) is 22.5. The molecule has 2 N–H and O–H groups in total. The number of hydrogen-bond acceptors (Lipinski definition) is 6. The summed E-state index contributed by atoms with van der Waals surface area (Å²) in [5, 5.41) is 12.7. The molecule has 1 aliphatic rings. The molecule has 7 heteroatoms. The lowest BCUT2D eigenvalue weighted by Gasteiger charge is -2.28. The topological polar surface area (TPSA) is 83.9 Å². The Hall–Kier alpha value is -3.74. The molecule has 0 aliphatic carbocycles. The number of carboxylic acid groups (broad SMARTS) is 1. The molecular weight excluding hydrogens is 418 g/mol. The van der Waals surface area contributed by atoms with Gasteiger partial charge in [-0.2, -0.15) is 0 Å². The third-order valence-electron chi connectivity index (χ3n) is 5.73. The van der Waals surface area contributed by atoms with Gasteiger partial charge in [0.1, 0.15) is 11.5 Å². The summed E-state index contributed by atoms with van der Waals surface area (Å²) in [6, 6.07) is 15.8. The summed E-state index contributed by atoms with van der Waals surface area (Å²) in [6.45, 7) is 5.25. The van der Waals surface area contributed by atoms with Crippen molar-refractivity contribution in [3.8, 4) is 11.5 Å². The molecule has 1 aliphatic heterocycles. The highest BCUT2D eigenvalue weighted by molar-refractivity contribution is 5.93. The molecule has 0 bridgehead atoms. The van der Waals surface area contributed by atoms with Crippen LogP contribution in [0.15, 0.2) is 60.9 Å². The van der Waals surface area contributed by atoms with E-state index >= 15 is 0 Å². The molecule has 3 aromatic rings. The zero-order chi connectivity index (χ0) is 23.4. The largest absolute Gasteiger partial charge is 0.493 e. The molecule has 172 valence electrons. The molecule has 1 aromatic heterocycles. The number of ether oxygens (including phenoxy) is 2. The number of carbonyl (C=O) groups is 1. The van der Waals surface area contributed by atoms with Crippen molar-refractivity contribution < 1.29 is 19.4 Å². The molecule has 0 saturated heterocycles. The molecule has 0 fully saturated rings. The maximum absolute atomic E-state index is 11.5. The molecule has 2 heterocycles. The summed E-state index contributed by atoms with van der Waals surface area (Å²) in [7, 11) is 2.03. The average Bonchev–Trinajstić information content (AvgIpc) is 2.82. The van der Waals surface area contributed by atoms with Gasteiger partial charge in [0.05, 0.1) is 30.2 Å². The van der Waals surface area contributed by atoms with E-state index in [1.165, 1.54) is 12.3 Å². The number of nitrogens with zero attached hydrogens (tertiary/aromatic N) is 2. The van der Waals surface area contributed by atoms with Crippen LogP contribution in [-0.2, 0) is 0 Å². The predicted molar refractivity (Wildman–Crippen MR) is 129 cm³/mol. The highest BCUT2D eigenvalue weighted by Crippen LogP contribution is 2.38. The van der Waals surface area contributed by atoms with E-state index in [1.54, 1.807) is 6.20 Å². The van der Waals surface area contributed by atoms with Gasteiger partial charge in [-0.3, -0.25) is 4.98 Å².